The molecule has 1 spiro atoms. The molecular weight excluding hydrogens is 324 g/mol. The molecule has 2 aliphatic carbocycles. The van der Waals surface area contributed by atoms with E-state index < -0.39 is 0 Å². The Morgan fingerprint density at radius 1 is 1.19 bits per heavy atom. The van der Waals surface area contributed by atoms with E-state index in [9.17, 15) is 4.79 Å². The van der Waals surface area contributed by atoms with Crippen LogP contribution in [0.25, 0.3) is 0 Å². The van der Waals surface area contributed by atoms with E-state index in [-0.39, 0.29) is 11.5 Å². The third-order valence-corrected chi connectivity index (χ3v) is 6.44. The predicted molar refractivity (Wildman–Crippen MR) is 103 cm³/mol. The lowest BCUT2D eigenvalue weighted by Gasteiger charge is -2.42. The fourth-order valence-corrected chi connectivity index (χ4v) is 4.72. The Morgan fingerprint density at radius 3 is 2.77 bits per heavy atom. The van der Waals surface area contributed by atoms with Crippen LogP contribution in [0.4, 0.5) is 0 Å². The van der Waals surface area contributed by atoms with Gasteiger partial charge in [-0.2, -0.15) is 0 Å². The zero-order chi connectivity index (χ0) is 18.0. The smallest absolute Gasteiger partial charge is 0.225 e. The van der Waals surface area contributed by atoms with E-state index in [1.165, 1.54) is 5.56 Å². The number of ether oxygens (including phenoxy) is 1. The molecule has 140 valence electrons. The van der Waals surface area contributed by atoms with E-state index in [0.717, 1.165) is 63.8 Å². The standard InChI is InChI=1S/C22H30N2O2/c1-24(21(25)17-7-3-2-4-8-17)19-11-13-22(14-12-19)16-23-15-18-9-5-6-10-20(18)26-22/h2-3,5-6,9-10,17,19,23H,4,7-8,11-16H2,1H3. The van der Waals surface area contributed by atoms with Crippen molar-refractivity contribution in [1.29, 1.82) is 0 Å². The Morgan fingerprint density at radius 2 is 2.00 bits per heavy atom. The van der Waals surface area contributed by atoms with Gasteiger partial charge in [-0.05, 0) is 51.0 Å². The van der Waals surface area contributed by atoms with Gasteiger partial charge in [0.25, 0.3) is 0 Å². The van der Waals surface area contributed by atoms with Gasteiger partial charge in [-0.3, -0.25) is 4.79 Å². The minimum absolute atomic E-state index is 0.124. The first-order valence-corrected chi connectivity index (χ1v) is 10.1. The van der Waals surface area contributed by atoms with E-state index in [4.69, 9.17) is 4.74 Å². The van der Waals surface area contributed by atoms with Crippen molar-refractivity contribution in [3.8, 4) is 5.75 Å². The second-order valence-corrected chi connectivity index (χ2v) is 8.16. The van der Waals surface area contributed by atoms with Gasteiger partial charge in [0.05, 0.1) is 0 Å². The molecule has 1 fully saturated rings. The molecule has 1 aromatic rings. The van der Waals surface area contributed by atoms with Crippen molar-refractivity contribution in [1.82, 2.24) is 10.2 Å². The maximum atomic E-state index is 12.8. The second-order valence-electron chi connectivity index (χ2n) is 8.16. The molecular formula is C22H30N2O2. The van der Waals surface area contributed by atoms with Gasteiger partial charge >= 0.3 is 0 Å². The molecule has 1 N–H and O–H groups in total. The zero-order valence-electron chi connectivity index (χ0n) is 15.7. The Hall–Kier alpha value is -1.81. The highest BCUT2D eigenvalue weighted by atomic mass is 16.5. The van der Waals surface area contributed by atoms with E-state index in [2.05, 4.69) is 41.7 Å². The monoisotopic (exact) mass is 354 g/mol. The molecule has 26 heavy (non-hydrogen) atoms. The van der Waals surface area contributed by atoms with E-state index in [1.54, 1.807) is 0 Å². The van der Waals surface area contributed by atoms with Crippen molar-refractivity contribution in [2.45, 2.75) is 63.1 Å². The molecule has 4 heteroatoms. The third-order valence-electron chi connectivity index (χ3n) is 6.44. The molecule has 0 bridgehead atoms. The lowest BCUT2D eigenvalue weighted by atomic mass is 9.80. The average Bonchev–Trinajstić information content (AvgIpc) is 2.87. The van der Waals surface area contributed by atoms with E-state index in [1.807, 2.05) is 11.9 Å². The van der Waals surface area contributed by atoms with Crippen LogP contribution in [-0.4, -0.2) is 36.0 Å². The number of carbonyl (C=O) groups excluding carboxylic acids is 1. The number of nitrogens with zero attached hydrogens (tertiary/aromatic N) is 1. The summed E-state index contributed by atoms with van der Waals surface area (Å²) in [6.45, 7) is 1.76. The van der Waals surface area contributed by atoms with Crippen molar-refractivity contribution >= 4 is 5.91 Å². The summed E-state index contributed by atoms with van der Waals surface area (Å²) in [6, 6.07) is 8.69. The van der Waals surface area contributed by atoms with Crippen molar-refractivity contribution in [2.24, 2.45) is 5.92 Å². The fraction of sp³-hybridized carbons (Fsp3) is 0.591. The van der Waals surface area contributed by atoms with Crippen LogP contribution in [0.2, 0.25) is 0 Å². The SMILES string of the molecule is CN(C(=O)C1CC=CCC1)C1CCC2(CC1)CNCc1ccccc1O2. The van der Waals surface area contributed by atoms with E-state index in [0.29, 0.717) is 11.9 Å². The number of amides is 1. The summed E-state index contributed by atoms with van der Waals surface area (Å²) in [5.74, 6) is 1.54. The van der Waals surface area contributed by atoms with Crippen LogP contribution >= 0.6 is 0 Å². The van der Waals surface area contributed by atoms with Gasteiger partial charge in [-0.25, -0.2) is 0 Å². The minimum atomic E-state index is -0.124. The quantitative estimate of drug-likeness (QED) is 0.824. The van der Waals surface area contributed by atoms with Crippen LogP contribution in [-0.2, 0) is 11.3 Å². The lowest BCUT2D eigenvalue weighted by molar-refractivity contribution is -0.138. The normalized spacial score (nSPS) is 31.0. The molecule has 4 rings (SSSR count). The summed E-state index contributed by atoms with van der Waals surface area (Å²) in [4.78, 5) is 14.9. The highest BCUT2D eigenvalue weighted by Crippen LogP contribution is 2.37. The van der Waals surface area contributed by atoms with Gasteiger partial charge in [-0.15, -0.1) is 0 Å². The number of carbonyl (C=O) groups is 1. The molecule has 1 amide bonds. The van der Waals surface area contributed by atoms with Crippen molar-refractivity contribution < 1.29 is 9.53 Å². The molecule has 0 radical (unpaired) electrons. The summed E-state index contributed by atoms with van der Waals surface area (Å²) >= 11 is 0. The van der Waals surface area contributed by atoms with Gasteiger partial charge in [-0.1, -0.05) is 30.4 Å². The van der Waals surface area contributed by atoms with Gasteiger partial charge in [0.2, 0.25) is 5.91 Å². The van der Waals surface area contributed by atoms with Gasteiger partial charge in [0.1, 0.15) is 11.4 Å². The average molecular weight is 354 g/mol. The molecule has 1 aromatic carbocycles. The maximum Gasteiger partial charge on any atom is 0.225 e. The minimum Gasteiger partial charge on any atom is -0.486 e. The molecule has 4 nitrogen and oxygen atoms in total. The number of fused-ring (bicyclic) bond motifs is 1. The molecule has 1 saturated carbocycles. The molecule has 1 heterocycles. The number of nitrogens with one attached hydrogen (secondary N) is 1. The van der Waals surface area contributed by atoms with Gasteiger partial charge in [0, 0.05) is 37.7 Å². The highest BCUT2D eigenvalue weighted by Gasteiger charge is 2.41. The number of benzene rings is 1. The summed E-state index contributed by atoms with van der Waals surface area (Å²) in [5, 5.41) is 3.57. The number of hydrogen-bond acceptors (Lipinski definition) is 3. The zero-order valence-corrected chi connectivity index (χ0v) is 15.7. The number of rotatable bonds is 2. The maximum absolute atomic E-state index is 12.8. The largest absolute Gasteiger partial charge is 0.486 e. The van der Waals surface area contributed by atoms with Crippen LogP contribution in [0.5, 0.6) is 5.75 Å². The van der Waals surface area contributed by atoms with Gasteiger partial charge < -0.3 is 15.0 Å². The molecule has 0 saturated heterocycles. The number of hydrogen-bond donors (Lipinski definition) is 1. The Kier molecular flexibility index (Phi) is 5.03. The fourth-order valence-electron chi connectivity index (χ4n) is 4.72. The van der Waals surface area contributed by atoms with E-state index >= 15 is 0 Å². The molecule has 1 atom stereocenters. The Bertz CT molecular complexity index is 676. The molecule has 3 aliphatic rings. The van der Waals surface area contributed by atoms with Crippen LogP contribution in [0.3, 0.4) is 0 Å². The lowest BCUT2D eigenvalue weighted by Crippen LogP contribution is -2.51. The first-order valence-electron chi connectivity index (χ1n) is 10.1. The van der Waals surface area contributed by atoms with Crippen LogP contribution in [0.1, 0.15) is 50.5 Å². The summed E-state index contributed by atoms with van der Waals surface area (Å²) in [5.41, 5.74) is 1.12. The molecule has 1 aliphatic heterocycles. The van der Waals surface area contributed by atoms with Gasteiger partial charge in [0.15, 0.2) is 0 Å². The predicted octanol–water partition coefficient (Wildman–Crippen LogP) is 3.66. The molecule has 0 aromatic heterocycles. The highest BCUT2D eigenvalue weighted by molar-refractivity contribution is 5.79. The van der Waals surface area contributed by atoms with Crippen LogP contribution < -0.4 is 10.1 Å². The topological polar surface area (TPSA) is 41.6 Å². The van der Waals surface area contributed by atoms with Crippen LogP contribution in [0, 0.1) is 5.92 Å². The third kappa shape index (κ3) is 3.52. The second kappa shape index (κ2) is 7.43. The summed E-state index contributed by atoms with van der Waals surface area (Å²) < 4.78 is 6.52. The Balaban J connectivity index is 1.39. The van der Waals surface area contributed by atoms with Crippen LogP contribution in [0.15, 0.2) is 36.4 Å². The first-order chi connectivity index (χ1) is 12.7. The summed E-state index contributed by atoms with van der Waals surface area (Å²) in [6.07, 6.45) is 11.4. The Labute approximate surface area is 156 Å². The van der Waals surface area contributed by atoms with Crippen molar-refractivity contribution in [2.75, 3.05) is 13.6 Å². The molecule has 1 unspecified atom stereocenters. The first kappa shape index (κ1) is 17.6. The van der Waals surface area contributed by atoms with Crippen molar-refractivity contribution in [3.63, 3.8) is 0 Å². The number of para-hydroxylation sites is 1. The number of allylic oxidation sites excluding steroid dienone is 2. The van der Waals surface area contributed by atoms with Crippen molar-refractivity contribution in [3.05, 3.63) is 42.0 Å². The summed E-state index contributed by atoms with van der Waals surface area (Å²) in [7, 11) is 2.00.